The molecule has 1 aliphatic rings. The van der Waals surface area contributed by atoms with Crippen molar-refractivity contribution in [2.75, 3.05) is 54.9 Å². The molecule has 0 aromatic heterocycles. The van der Waals surface area contributed by atoms with E-state index in [9.17, 15) is 52.3 Å². The lowest BCUT2D eigenvalue weighted by Crippen LogP contribution is -2.41. The Morgan fingerprint density at radius 1 is 0.432 bits per heavy atom. The molecule has 0 fully saturated rings. The lowest BCUT2D eigenvalue weighted by atomic mass is 10.1. The van der Waals surface area contributed by atoms with Crippen LogP contribution in [0.15, 0.2) is 121 Å². The van der Waals surface area contributed by atoms with Crippen molar-refractivity contribution in [3.05, 3.63) is 161 Å². The second-order valence-electron chi connectivity index (χ2n) is 32.3. The lowest BCUT2D eigenvalue weighted by molar-refractivity contribution is -0.247. The minimum Gasteiger partial charge on any atom is -0.481 e. The molecule has 742 valence electrons. The van der Waals surface area contributed by atoms with Gasteiger partial charge in [-0.05, 0) is 288 Å². The molecule has 0 saturated carbocycles. The van der Waals surface area contributed by atoms with Crippen molar-refractivity contribution in [2.24, 2.45) is 23.4 Å². The van der Waals surface area contributed by atoms with Crippen molar-refractivity contribution in [3.8, 4) is 29.4 Å². The van der Waals surface area contributed by atoms with Crippen molar-refractivity contribution in [1.29, 1.82) is 21.3 Å². The first-order valence-corrected chi connectivity index (χ1v) is 40.5. The smallest absolute Gasteiger partial charge is 0.481 e. The summed E-state index contributed by atoms with van der Waals surface area (Å²) >= 11 is 3.17. The minimum absolute atomic E-state index is 0. The second kappa shape index (κ2) is 63.0. The number of carboxylic acids is 1. The predicted octanol–water partition coefficient (Wildman–Crippen LogP) is 15.0. The molecule has 0 unspecified atom stereocenters. The van der Waals surface area contributed by atoms with Gasteiger partial charge in [-0.2, -0.15) is 15.6 Å². The molecule has 5 aromatic rings. The van der Waals surface area contributed by atoms with E-state index in [1.807, 2.05) is 29.3 Å². The number of carbonyl (C=O) groups is 10. The van der Waals surface area contributed by atoms with E-state index in [-0.39, 0.29) is 55.3 Å². The Kier molecular flexibility index (Phi) is 62.8. The molecule has 0 spiro atoms. The highest BCUT2D eigenvalue weighted by atomic mass is 79.9. The highest BCUT2D eigenvalue weighted by Gasteiger charge is 2.37. The third kappa shape index (κ3) is 56.5. The Morgan fingerprint density at radius 2 is 0.712 bits per heavy atom. The van der Waals surface area contributed by atoms with Crippen LogP contribution in [0.1, 0.15) is 221 Å². The first-order valence-electron chi connectivity index (χ1n) is 39.7. The van der Waals surface area contributed by atoms with E-state index >= 15 is 0 Å². The number of nitrogens with two attached hydrogens (primary N) is 4. The number of hydrogen-bond acceptors (Lipinski definition) is 36. The Morgan fingerprint density at radius 3 is 0.977 bits per heavy atom. The maximum atomic E-state index is 12.1. The Labute approximate surface area is 789 Å². The molecule has 5 aromatic carbocycles. The van der Waals surface area contributed by atoms with Gasteiger partial charge in [0.25, 0.3) is 0 Å². The number of amidine groups is 1. The highest BCUT2D eigenvalue weighted by Crippen LogP contribution is 2.28. The van der Waals surface area contributed by atoms with Crippen LogP contribution in [0.3, 0.4) is 0 Å². The minimum atomic E-state index is -1.21. The van der Waals surface area contributed by atoms with Gasteiger partial charge in [-0.15, -0.1) is 12.4 Å². The van der Waals surface area contributed by atoms with Crippen LogP contribution in [-0.2, 0) is 123 Å². The molecule has 1 aliphatic heterocycles. The molecular formula is C91H138BrClFN9O29. The monoisotopic (exact) mass is 1950 g/mol. The van der Waals surface area contributed by atoms with Crippen LogP contribution >= 0.6 is 28.3 Å². The van der Waals surface area contributed by atoms with E-state index in [0.29, 0.717) is 79.0 Å². The summed E-state index contributed by atoms with van der Waals surface area (Å²) in [6.45, 7) is 45.7. The second-order valence-corrected chi connectivity index (χ2v) is 34.3. The molecular weight excluding hydrogens is 1820 g/mol. The molecule has 0 saturated heterocycles. The van der Waals surface area contributed by atoms with E-state index in [1.54, 1.807) is 211 Å². The number of carboxylic acid groups (broad SMARTS) is 1. The number of halogens is 3. The number of nitrogens with zero attached hydrogens (tertiary/aromatic N) is 3. The van der Waals surface area contributed by atoms with Crippen LogP contribution in [0.4, 0.5) is 14.0 Å². The number of fused-ring (bicyclic) bond motifs is 1. The number of rotatable bonds is 25. The van der Waals surface area contributed by atoms with Gasteiger partial charge in [0.2, 0.25) is 5.90 Å². The number of hydroxylamine groups is 2. The van der Waals surface area contributed by atoms with Crippen LogP contribution in [-0.4, -0.2) is 192 Å². The summed E-state index contributed by atoms with van der Waals surface area (Å²) in [5.41, 5.74) is 1.32. The van der Waals surface area contributed by atoms with Crippen molar-refractivity contribution in [2.45, 2.75) is 255 Å². The fourth-order valence-electron chi connectivity index (χ4n) is 7.26. The van der Waals surface area contributed by atoms with Crippen molar-refractivity contribution < 1.29 is 143 Å². The third-order valence-electron chi connectivity index (χ3n) is 15.7. The summed E-state index contributed by atoms with van der Waals surface area (Å²) in [5, 5.41) is 41.6. The Balaban J connectivity index is -0.000000338. The van der Waals surface area contributed by atoms with Gasteiger partial charge in [-0.25, -0.2) is 65.2 Å². The summed E-state index contributed by atoms with van der Waals surface area (Å²) in [6.07, 6.45) is -2.12. The van der Waals surface area contributed by atoms with Crippen LogP contribution < -0.4 is 37.6 Å². The Hall–Kier alpha value is -11.2. The fraction of sp³-hybridized carbons (Fsp3) is 0.516. The lowest BCUT2D eigenvalue weighted by Gasteiger charge is -2.27. The molecule has 0 atom stereocenters. The molecule has 6 rings (SSSR count). The number of carbonyl (C=O) groups excluding carboxylic acids is 9. The van der Waals surface area contributed by atoms with Gasteiger partial charge < -0.3 is 77.2 Å². The number of nitrogens with one attached hydrogen (secondary N) is 2. The van der Waals surface area contributed by atoms with Crippen LogP contribution in [0.5, 0.6) is 17.2 Å². The number of ether oxygens (including phenoxy) is 14. The summed E-state index contributed by atoms with van der Waals surface area (Å²) in [6, 6.07) is 36.4. The summed E-state index contributed by atoms with van der Waals surface area (Å²) in [4.78, 5) is 131. The molecule has 0 bridgehead atoms. The zero-order valence-electron chi connectivity index (χ0n) is 80.5. The van der Waals surface area contributed by atoms with E-state index in [4.69, 9.17) is 107 Å². The summed E-state index contributed by atoms with van der Waals surface area (Å²) in [5.74, 6) is 11.6. The number of hydrogen-bond donors (Lipinski definition) is 7. The van der Waals surface area contributed by atoms with Crippen molar-refractivity contribution in [1.82, 2.24) is 5.06 Å². The van der Waals surface area contributed by atoms with E-state index in [2.05, 4.69) is 56.8 Å². The zero-order valence-corrected chi connectivity index (χ0v) is 82.9. The van der Waals surface area contributed by atoms with Crippen LogP contribution in [0.2, 0.25) is 0 Å². The van der Waals surface area contributed by atoms with E-state index < -0.39 is 96.9 Å². The van der Waals surface area contributed by atoms with Crippen molar-refractivity contribution in [3.63, 3.8) is 0 Å². The number of benzene rings is 5. The summed E-state index contributed by atoms with van der Waals surface area (Å²) < 4.78 is 79.0. The first-order chi connectivity index (χ1) is 59.7. The molecule has 0 amide bonds. The number of alkyl halides is 1. The molecule has 1 heterocycles. The zero-order chi connectivity index (χ0) is 102. The first kappa shape index (κ1) is 132. The third-order valence-corrected chi connectivity index (χ3v) is 16.0. The van der Waals surface area contributed by atoms with E-state index in [0.717, 1.165) is 0 Å². The summed E-state index contributed by atoms with van der Waals surface area (Å²) in [7, 11) is 5.71. The van der Waals surface area contributed by atoms with Gasteiger partial charge >= 0.3 is 60.1 Å². The number of nitrogen functional groups attached to an aromatic ring is 1. The van der Waals surface area contributed by atoms with Gasteiger partial charge in [0.15, 0.2) is 39.2 Å². The fourth-order valence-corrected chi connectivity index (χ4v) is 7.37. The van der Waals surface area contributed by atoms with Gasteiger partial charge in [0, 0.05) is 45.5 Å². The average Bonchev–Trinajstić information content (AvgIpc) is 1.66. The molecule has 0 radical (unpaired) electrons. The quantitative estimate of drug-likeness (QED) is 0.00417. The predicted molar refractivity (Wildman–Crippen MR) is 494 cm³/mol. The standard InChI is InChI=1S/C14H19NO3.C12H16N2O4.C12H13NO3.C11H15N3O3.C10H18O5.C7H4FN.C7H14O3.C6H11BrO2.C6H13NO3.C5H10O3.CH4.ClH/c1-4-17-13(16)14(2,3)18-15-9-11-7-5-6-8-12(11)10-15;1-12(2,18-14)11(15)17-9-6-4-8(5-7-9)10(13)16-3;1-12(2,15-3)11(14)16-10-6-4-9(8-13)5-7-10;1-11(2,17-14)10(15)16-8-5-3-7(4-6-8)9(12)13;1-9(2,3)14-7(11)13-8(12)15-10(4,5)6;8-7-3-1-6(5-9)2-4-7;1-5-10-6(8)7(2,3)9-4;1-4-9-5(8)6(2,3)7;1-4-9-5(8)6(2,3)10-7;1-5(2,8-3)4(6)7;;/h5-8H,4,9-10H2,1-3H3;4-7,13H,14H2,1-3H3;4-7H,1-3H3;3-6H,14H2,1-2H3,(H3,12,13);1-6H3;1-4H;5H2,1-4H3;4H2,1-3H3;4,7H2,1-3H3;1-3H3,(H,6,7);1H4;1H. The molecule has 132 heavy (non-hydrogen) atoms. The normalized spacial score (nSPS) is 11.4. The largest absolute Gasteiger partial charge is 0.519 e. The number of aliphatic carboxylic acids is 1. The average molecular weight is 1960 g/mol. The SMILES string of the molecule is C.CC(C)(C)OC(=O)OC(=O)OC(C)(C)C.CC(C)(ON)C(=O)Oc1ccc(C(=N)N)cc1.CCOC(=O)C(C)(C)Br.CCOC(=O)C(C)(C)OC.CCOC(=O)C(C)(C)ON.CCOC(=O)C(C)(C)ON1Cc2ccccc2C1.COC(=N)c1ccc(OC(=O)C(C)(C)ON)cc1.COC(C)(C)C(=O)O.COC(C)(C)C(=O)Oc1ccc(C#N)cc1.Cl.N#Cc1ccc(F)cc1. The van der Waals surface area contributed by atoms with E-state index in [1.165, 1.54) is 105 Å². The topological polar surface area (TPSA) is 560 Å². The van der Waals surface area contributed by atoms with Gasteiger partial charge in [0.05, 0.1) is 56.8 Å². The maximum absolute atomic E-state index is 12.1. The number of nitriles is 2. The number of methoxy groups -OCH3 is 4. The van der Waals surface area contributed by atoms with Crippen LogP contribution in [0, 0.1) is 39.3 Å². The Bertz CT molecular complexity index is 4360. The van der Waals surface area contributed by atoms with Crippen LogP contribution in [0.25, 0.3) is 0 Å². The van der Waals surface area contributed by atoms with Crippen molar-refractivity contribution >= 4 is 100 Å². The molecule has 41 heteroatoms. The maximum Gasteiger partial charge on any atom is 0.519 e. The molecule has 11 N–H and O–H groups in total. The van der Waals surface area contributed by atoms with Gasteiger partial charge in [0.1, 0.15) is 44.4 Å². The van der Waals surface area contributed by atoms with Gasteiger partial charge in [-0.1, -0.05) is 47.6 Å². The van der Waals surface area contributed by atoms with Gasteiger partial charge in [-0.3, -0.25) is 35.0 Å². The highest BCUT2D eigenvalue weighted by molar-refractivity contribution is 9.10. The number of esters is 7. The molecule has 0 aliphatic carbocycles. The molecule has 38 nitrogen and oxygen atoms in total.